The van der Waals surface area contributed by atoms with Crippen molar-refractivity contribution in [1.82, 2.24) is 4.31 Å². The first-order chi connectivity index (χ1) is 9.46. The summed E-state index contributed by atoms with van der Waals surface area (Å²) in [4.78, 5) is 0. The molecule has 2 heterocycles. The van der Waals surface area contributed by atoms with E-state index >= 15 is 0 Å². The fourth-order valence-corrected chi connectivity index (χ4v) is 5.35. The minimum absolute atomic E-state index is 0.110. The summed E-state index contributed by atoms with van der Waals surface area (Å²) in [6, 6.07) is 3.59. The summed E-state index contributed by atoms with van der Waals surface area (Å²) in [5.74, 6) is 0.407. The molecule has 2 rings (SSSR count). The quantitative estimate of drug-likeness (QED) is 0.817. The van der Waals surface area contributed by atoms with Crippen LogP contribution < -0.4 is 4.74 Å². The van der Waals surface area contributed by atoms with Gasteiger partial charge in [0.2, 0.25) is 0 Å². The molecule has 0 amide bonds. The maximum atomic E-state index is 12.6. The molecule has 0 saturated carbocycles. The number of thiophene rings is 2. The van der Waals surface area contributed by atoms with Gasteiger partial charge in [0.25, 0.3) is 10.0 Å². The van der Waals surface area contributed by atoms with Crippen molar-refractivity contribution in [3.63, 3.8) is 0 Å². The van der Waals surface area contributed by atoms with Gasteiger partial charge in [0, 0.05) is 13.1 Å². The lowest BCUT2D eigenvalue weighted by Crippen LogP contribution is -2.36. The van der Waals surface area contributed by atoms with E-state index in [0.717, 1.165) is 5.56 Å². The molecule has 0 spiro atoms. The molecule has 0 bridgehead atoms. The Morgan fingerprint density at radius 3 is 2.70 bits per heavy atom. The van der Waals surface area contributed by atoms with E-state index in [-0.39, 0.29) is 10.3 Å². The first kappa shape index (κ1) is 15.5. The summed E-state index contributed by atoms with van der Waals surface area (Å²) in [5.41, 5.74) is 1.16. The Balaban J connectivity index is 2.20. The second-order valence-electron chi connectivity index (χ2n) is 4.48. The van der Waals surface area contributed by atoms with Gasteiger partial charge in [-0.05, 0) is 47.2 Å². The van der Waals surface area contributed by atoms with E-state index in [1.807, 2.05) is 23.8 Å². The molecule has 0 fully saturated rings. The fraction of sp³-hybridized carbons (Fsp3) is 0.385. The zero-order chi connectivity index (χ0) is 14.8. The molecule has 0 unspecified atom stereocenters. The maximum Gasteiger partial charge on any atom is 0.256 e. The van der Waals surface area contributed by atoms with Crippen LogP contribution in [0.15, 0.2) is 32.5 Å². The third-order valence-corrected chi connectivity index (χ3v) is 7.29. The molecule has 0 aliphatic heterocycles. The second kappa shape index (κ2) is 6.26. The van der Waals surface area contributed by atoms with E-state index < -0.39 is 10.0 Å². The lowest BCUT2D eigenvalue weighted by Gasteiger charge is -2.23. The van der Waals surface area contributed by atoms with Crippen molar-refractivity contribution in [3.8, 4) is 5.75 Å². The van der Waals surface area contributed by atoms with Crippen molar-refractivity contribution in [1.29, 1.82) is 0 Å². The Hall–Kier alpha value is -0.890. The van der Waals surface area contributed by atoms with Crippen molar-refractivity contribution in [2.45, 2.75) is 23.6 Å². The molecule has 0 aliphatic carbocycles. The number of rotatable bonds is 6. The molecular weight excluding hydrogens is 314 g/mol. The first-order valence-electron chi connectivity index (χ1n) is 6.07. The maximum absolute atomic E-state index is 12.6. The smallest absolute Gasteiger partial charge is 0.256 e. The Morgan fingerprint density at radius 1 is 1.35 bits per heavy atom. The Bertz CT molecular complexity index is 646. The largest absolute Gasteiger partial charge is 0.494 e. The van der Waals surface area contributed by atoms with Gasteiger partial charge in [-0.2, -0.15) is 15.6 Å². The Kier molecular flexibility index (Phi) is 4.85. The van der Waals surface area contributed by atoms with Crippen LogP contribution in [0.4, 0.5) is 0 Å². The highest BCUT2D eigenvalue weighted by Gasteiger charge is 2.29. The molecule has 1 atom stereocenters. The van der Waals surface area contributed by atoms with Crippen LogP contribution in [0.3, 0.4) is 0 Å². The number of nitrogens with zero attached hydrogens (tertiary/aromatic N) is 1. The summed E-state index contributed by atoms with van der Waals surface area (Å²) in [5, 5.41) is 5.77. The number of sulfonamides is 1. The predicted molar refractivity (Wildman–Crippen MR) is 83.3 cm³/mol. The standard InChI is InChI=1S/C13H17NO3S3/c1-10(8-11-4-6-18-9-11)14(2)20(15,16)13-12(17-3)5-7-19-13/h4-7,9-10H,8H2,1-3H3/t10-/m1/s1. The van der Waals surface area contributed by atoms with Crippen molar-refractivity contribution < 1.29 is 13.2 Å². The molecule has 110 valence electrons. The number of hydrogen-bond acceptors (Lipinski definition) is 5. The van der Waals surface area contributed by atoms with Crippen LogP contribution in [-0.2, 0) is 16.4 Å². The van der Waals surface area contributed by atoms with Crippen LogP contribution in [0.2, 0.25) is 0 Å². The van der Waals surface area contributed by atoms with Gasteiger partial charge in [-0.15, -0.1) is 11.3 Å². The summed E-state index contributed by atoms with van der Waals surface area (Å²) in [6.07, 6.45) is 0.701. The fourth-order valence-electron chi connectivity index (χ4n) is 1.87. The molecule has 0 aliphatic rings. The van der Waals surface area contributed by atoms with E-state index in [1.165, 1.54) is 22.8 Å². The van der Waals surface area contributed by atoms with Crippen LogP contribution in [0.5, 0.6) is 5.75 Å². The van der Waals surface area contributed by atoms with Crippen molar-refractivity contribution >= 4 is 32.7 Å². The van der Waals surface area contributed by atoms with E-state index in [0.29, 0.717) is 12.2 Å². The average molecular weight is 331 g/mol. The highest BCUT2D eigenvalue weighted by Crippen LogP contribution is 2.32. The number of likely N-dealkylation sites (N-methyl/N-ethyl adjacent to an activating group) is 1. The van der Waals surface area contributed by atoms with Gasteiger partial charge in [-0.25, -0.2) is 8.42 Å². The van der Waals surface area contributed by atoms with Gasteiger partial charge in [-0.3, -0.25) is 0 Å². The van der Waals surface area contributed by atoms with Gasteiger partial charge < -0.3 is 4.74 Å². The lowest BCUT2D eigenvalue weighted by molar-refractivity contribution is 0.379. The normalized spacial score (nSPS) is 13.6. The van der Waals surface area contributed by atoms with Crippen LogP contribution in [0.1, 0.15) is 12.5 Å². The molecule has 4 nitrogen and oxygen atoms in total. The van der Waals surface area contributed by atoms with E-state index in [9.17, 15) is 8.42 Å². The molecule has 20 heavy (non-hydrogen) atoms. The van der Waals surface area contributed by atoms with Crippen LogP contribution in [-0.4, -0.2) is 32.9 Å². The molecule has 0 radical (unpaired) electrons. The molecule has 0 aromatic carbocycles. The van der Waals surface area contributed by atoms with Crippen molar-refractivity contribution in [2.75, 3.05) is 14.2 Å². The number of hydrogen-bond donors (Lipinski definition) is 0. The van der Waals surface area contributed by atoms with Gasteiger partial charge in [0.1, 0.15) is 5.75 Å². The molecule has 0 N–H and O–H groups in total. The highest BCUT2D eigenvalue weighted by molar-refractivity contribution is 7.91. The minimum Gasteiger partial charge on any atom is -0.494 e. The summed E-state index contributed by atoms with van der Waals surface area (Å²) in [7, 11) is -0.412. The van der Waals surface area contributed by atoms with Gasteiger partial charge >= 0.3 is 0 Å². The minimum atomic E-state index is -3.51. The van der Waals surface area contributed by atoms with Gasteiger partial charge in [0.15, 0.2) is 4.21 Å². The van der Waals surface area contributed by atoms with E-state index in [1.54, 1.807) is 29.8 Å². The van der Waals surface area contributed by atoms with Crippen LogP contribution in [0.25, 0.3) is 0 Å². The SMILES string of the molecule is COc1ccsc1S(=O)(=O)N(C)[C@H](C)Cc1ccsc1. The summed E-state index contributed by atoms with van der Waals surface area (Å²) in [6.45, 7) is 1.91. The van der Waals surface area contributed by atoms with Crippen LogP contribution >= 0.6 is 22.7 Å². The number of methoxy groups -OCH3 is 1. The first-order valence-corrected chi connectivity index (χ1v) is 9.33. The molecule has 7 heteroatoms. The van der Waals surface area contributed by atoms with Gasteiger partial charge in [0.05, 0.1) is 7.11 Å². The molecule has 0 saturated heterocycles. The molecule has 2 aromatic rings. The van der Waals surface area contributed by atoms with E-state index in [4.69, 9.17) is 4.74 Å². The van der Waals surface area contributed by atoms with Gasteiger partial charge in [-0.1, -0.05) is 0 Å². The summed E-state index contributed by atoms with van der Waals surface area (Å²) < 4.78 is 32.0. The highest BCUT2D eigenvalue weighted by atomic mass is 32.2. The summed E-state index contributed by atoms with van der Waals surface area (Å²) >= 11 is 2.80. The van der Waals surface area contributed by atoms with Crippen molar-refractivity contribution in [3.05, 3.63) is 33.8 Å². The lowest BCUT2D eigenvalue weighted by atomic mass is 10.1. The molecule has 2 aromatic heterocycles. The topological polar surface area (TPSA) is 46.6 Å². The number of ether oxygens (including phenoxy) is 1. The Morgan fingerprint density at radius 2 is 2.10 bits per heavy atom. The molecular formula is C13H17NO3S3. The van der Waals surface area contributed by atoms with E-state index in [2.05, 4.69) is 0 Å². The van der Waals surface area contributed by atoms with Crippen molar-refractivity contribution in [2.24, 2.45) is 0 Å². The third-order valence-electron chi connectivity index (χ3n) is 3.16. The zero-order valence-corrected chi connectivity index (χ0v) is 14.0. The van der Waals surface area contributed by atoms with Crippen LogP contribution in [0, 0.1) is 0 Å². The predicted octanol–water partition coefficient (Wildman–Crippen LogP) is 3.07. The zero-order valence-electron chi connectivity index (χ0n) is 11.6. The second-order valence-corrected chi connectivity index (χ2v) is 8.37. The monoisotopic (exact) mass is 331 g/mol. The Labute approximate surface area is 127 Å². The average Bonchev–Trinajstić information content (AvgIpc) is 3.08. The third kappa shape index (κ3) is 3.06.